The number of nitrogens with zero attached hydrogens (tertiary/aromatic N) is 3. The second kappa shape index (κ2) is 9.11. The van der Waals surface area contributed by atoms with Crippen molar-refractivity contribution in [3.63, 3.8) is 0 Å². The van der Waals surface area contributed by atoms with Gasteiger partial charge in [0.25, 0.3) is 5.91 Å². The highest BCUT2D eigenvalue weighted by Gasteiger charge is 2.64. The number of nitrogens with one attached hydrogen (secondary N) is 1. The number of thioether (sulfide) groups is 1. The molecule has 3 fully saturated rings. The molecule has 5 atom stereocenters. The topological polar surface area (TPSA) is 156 Å². The molecule has 0 spiro atoms. The molecule has 0 bridgehead atoms. The molecule has 1 aromatic rings. The van der Waals surface area contributed by atoms with E-state index in [1.807, 2.05) is 0 Å². The van der Waals surface area contributed by atoms with E-state index in [0.717, 1.165) is 37.0 Å². The molecule has 33 heavy (non-hydrogen) atoms. The third-order valence-corrected chi connectivity index (χ3v) is 8.41. The lowest BCUT2D eigenvalue weighted by atomic mass is 9.95. The maximum Gasteiger partial charge on any atom is 0.327 e. The molecule has 2 aliphatic heterocycles. The number of rotatable bonds is 7. The summed E-state index contributed by atoms with van der Waals surface area (Å²) in [7, 11) is 1.61. The quantitative estimate of drug-likeness (QED) is 0.284. The fraction of sp³-hybridized carbons (Fsp3) is 0.650. The van der Waals surface area contributed by atoms with Crippen molar-refractivity contribution < 1.29 is 29.1 Å². The lowest BCUT2D eigenvalue weighted by Crippen LogP contribution is -2.71. The summed E-state index contributed by atoms with van der Waals surface area (Å²) in [6.07, 6.45) is 3.16. The molecule has 4 rings (SSSR count). The number of hydrogen-bond acceptors (Lipinski definition) is 10. The van der Waals surface area contributed by atoms with Crippen LogP contribution in [0.4, 0.5) is 5.13 Å². The predicted octanol–water partition coefficient (Wildman–Crippen LogP) is 1.04. The third-order valence-electron chi connectivity index (χ3n) is 6.17. The number of anilines is 1. The molecule has 2 amide bonds. The van der Waals surface area contributed by atoms with Crippen molar-refractivity contribution in [2.24, 2.45) is 5.16 Å². The standard InChI is InChI=1S/C20H27N5O6S2/c1-20(2)14(18(28)29)25-16(27)13(17(25)33-20)23-15(26)12(9-8-32-19(21)22-9)24-31-11-7-5-4-6-10(11)30-3/h8,10-11,13-14,17H,4-7H2,1-3H3,(H2,21,22)(H,23,26)(H,28,29)/b24-12-/t10-,11-,13-,14+,17-/m1/s1. The van der Waals surface area contributed by atoms with Gasteiger partial charge in [-0.2, -0.15) is 0 Å². The summed E-state index contributed by atoms with van der Waals surface area (Å²) < 4.78 is 4.79. The molecule has 0 aromatic carbocycles. The second-order valence-electron chi connectivity index (χ2n) is 8.76. The van der Waals surface area contributed by atoms with E-state index in [2.05, 4.69) is 15.5 Å². The van der Waals surface area contributed by atoms with Gasteiger partial charge in [-0.1, -0.05) is 11.6 Å². The number of amides is 2. The van der Waals surface area contributed by atoms with Gasteiger partial charge in [-0.3, -0.25) is 9.59 Å². The number of methoxy groups -OCH3 is 1. The Hall–Kier alpha value is -2.38. The van der Waals surface area contributed by atoms with E-state index in [9.17, 15) is 19.5 Å². The molecule has 3 aliphatic rings. The van der Waals surface area contributed by atoms with Crippen LogP contribution in [-0.4, -0.2) is 80.0 Å². The van der Waals surface area contributed by atoms with Crippen LogP contribution in [0.2, 0.25) is 0 Å². The Morgan fingerprint density at radius 1 is 1.33 bits per heavy atom. The zero-order valence-electron chi connectivity index (χ0n) is 18.5. The molecule has 11 nitrogen and oxygen atoms in total. The molecular formula is C20H27N5O6S2. The number of thiazole rings is 1. The largest absolute Gasteiger partial charge is 0.480 e. The summed E-state index contributed by atoms with van der Waals surface area (Å²) in [5.41, 5.74) is 5.89. The van der Waals surface area contributed by atoms with Crippen LogP contribution in [0.25, 0.3) is 0 Å². The molecule has 2 saturated heterocycles. The van der Waals surface area contributed by atoms with Crippen molar-refractivity contribution in [2.75, 3.05) is 12.8 Å². The monoisotopic (exact) mass is 497 g/mol. The predicted molar refractivity (Wildman–Crippen MR) is 123 cm³/mol. The second-order valence-corrected chi connectivity index (χ2v) is 11.4. The molecule has 0 radical (unpaired) electrons. The highest BCUT2D eigenvalue weighted by Crippen LogP contribution is 2.50. The van der Waals surface area contributed by atoms with Gasteiger partial charge in [0, 0.05) is 17.2 Å². The molecule has 1 aliphatic carbocycles. The fourth-order valence-corrected chi connectivity index (χ4v) is 6.70. The van der Waals surface area contributed by atoms with Gasteiger partial charge in [-0.15, -0.1) is 23.1 Å². The molecule has 1 aromatic heterocycles. The van der Waals surface area contributed by atoms with Crippen LogP contribution in [0.3, 0.4) is 0 Å². The van der Waals surface area contributed by atoms with Crippen LogP contribution >= 0.6 is 23.1 Å². The van der Waals surface area contributed by atoms with E-state index in [-0.39, 0.29) is 28.7 Å². The number of aliphatic carboxylic acids is 1. The molecule has 13 heteroatoms. The number of fused-ring (bicyclic) bond motifs is 1. The van der Waals surface area contributed by atoms with E-state index in [0.29, 0.717) is 0 Å². The van der Waals surface area contributed by atoms with Crippen molar-refractivity contribution in [2.45, 2.75) is 73.9 Å². The van der Waals surface area contributed by atoms with E-state index in [1.165, 1.54) is 16.7 Å². The Kier molecular flexibility index (Phi) is 6.56. The number of carboxylic acid groups (broad SMARTS) is 1. The smallest absolute Gasteiger partial charge is 0.327 e. The molecule has 1 saturated carbocycles. The van der Waals surface area contributed by atoms with Gasteiger partial charge in [0.1, 0.15) is 23.2 Å². The Balaban J connectivity index is 1.52. The minimum Gasteiger partial charge on any atom is -0.480 e. The number of oxime groups is 1. The fourth-order valence-electron chi connectivity index (χ4n) is 4.53. The van der Waals surface area contributed by atoms with Crippen LogP contribution in [0.1, 0.15) is 45.2 Å². The first-order valence-electron chi connectivity index (χ1n) is 10.7. The van der Waals surface area contributed by atoms with E-state index in [4.69, 9.17) is 15.3 Å². The summed E-state index contributed by atoms with van der Waals surface area (Å²) in [5, 5.41) is 17.8. The normalized spacial score (nSPS) is 31.0. The molecule has 3 heterocycles. The minimum absolute atomic E-state index is 0.0910. The summed E-state index contributed by atoms with van der Waals surface area (Å²) in [6, 6.07) is -1.83. The first-order valence-corrected chi connectivity index (χ1v) is 12.4. The highest BCUT2D eigenvalue weighted by atomic mass is 32.2. The lowest BCUT2D eigenvalue weighted by Gasteiger charge is -2.43. The number of carbonyl (C=O) groups excluding carboxylic acids is 2. The first kappa shape index (κ1) is 23.8. The van der Waals surface area contributed by atoms with Gasteiger partial charge in [0.05, 0.1) is 6.10 Å². The summed E-state index contributed by atoms with van der Waals surface area (Å²) in [4.78, 5) is 48.8. The Morgan fingerprint density at radius 3 is 2.64 bits per heavy atom. The first-order chi connectivity index (χ1) is 15.6. The molecule has 4 N–H and O–H groups in total. The number of nitrogen functional groups attached to an aromatic ring is 1. The van der Waals surface area contributed by atoms with Crippen LogP contribution in [0.15, 0.2) is 10.5 Å². The average Bonchev–Trinajstić information content (AvgIpc) is 3.30. The number of nitrogens with two attached hydrogens (primary N) is 1. The number of aromatic nitrogens is 1. The van der Waals surface area contributed by atoms with Gasteiger partial charge >= 0.3 is 5.97 Å². The summed E-state index contributed by atoms with van der Waals surface area (Å²) in [5.74, 6) is -2.15. The van der Waals surface area contributed by atoms with Crippen LogP contribution in [-0.2, 0) is 24.0 Å². The van der Waals surface area contributed by atoms with Crippen LogP contribution in [0, 0.1) is 0 Å². The third kappa shape index (κ3) is 4.41. The van der Waals surface area contributed by atoms with Gasteiger partial charge in [0.2, 0.25) is 5.91 Å². The summed E-state index contributed by atoms with van der Waals surface area (Å²) in [6.45, 7) is 3.55. The van der Waals surface area contributed by atoms with Gasteiger partial charge in [-0.25, -0.2) is 9.78 Å². The van der Waals surface area contributed by atoms with Crippen LogP contribution < -0.4 is 11.1 Å². The lowest BCUT2D eigenvalue weighted by molar-refractivity contribution is -0.160. The molecular weight excluding hydrogens is 470 g/mol. The van der Waals surface area contributed by atoms with E-state index >= 15 is 0 Å². The van der Waals surface area contributed by atoms with Crippen molar-refractivity contribution in [1.29, 1.82) is 0 Å². The van der Waals surface area contributed by atoms with Crippen molar-refractivity contribution >= 4 is 51.7 Å². The Labute approximate surface area is 199 Å². The Bertz CT molecular complexity index is 982. The molecule has 0 unspecified atom stereocenters. The summed E-state index contributed by atoms with van der Waals surface area (Å²) >= 11 is 2.50. The van der Waals surface area contributed by atoms with Gasteiger partial charge in [0.15, 0.2) is 16.9 Å². The number of ether oxygens (including phenoxy) is 1. The van der Waals surface area contributed by atoms with Crippen LogP contribution in [0.5, 0.6) is 0 Å². The van der Waals surface area contributed by atoms with Gasteiger partial charge in [-0.05, 0) is 33.1 Å². The number of carboxylic acids is 1. The molecule has 180 valence electrons. The van der Waals surface area contributed by atoms with Gasteiger partial charge < -0.3 is 30.6 Å². The maximum atomic E-state index is 13.2. The van der Waals surface area contributed by atoms with Crippen molar-refractivity contribution in [1.82, 2.24) is 15.2 Å². The zero-order valence-corrected chi connectivity index (χ0v) is 20.1. The maximum absolute atomic E-state index is 13.2. The minimum atomic E-state index is -1.07. The van der Waals surface area contributed by atoms with E-state index < -0.39 is 40.0 Å². The Morgan fingerprint density at radius 2 is 2.03 bits per heavy atom. The average molecular weight is 498 g/mol. The number of carbonyl (C=O) groups is 3. The van der Waals surface area contributed by atoms with Crippen molar-refractivity contribution in [3.05, 3.63) is 11.1 Å². The highest BCUT2D eigenvalue weighted by molar-refractivity contribution is 8.01. The zero-order chi connectivity index (χ0) is 23.9. The van der Waals surface area contributed by atoms with E-state index in [1.54, 1.807) is 26.3 Å². The van der Waals surface area contributed by atoms with Crippen molar-refractivity contribution in [3.8, 4) is 0 Å². The number of hydrogen-bond donors (Lipinski definition) is 3. The SMILES string of the molecule is CO[C@@H]1CCCC[C@H]1O/N=C(\C(=O)N[C@@H]1C(=O)N2[C@@H]1SC(C)(C)[C@@H]2C(=O)O)c1csc(N)n1. The number of β-lactam (4-membered cyclic amide) rings is 1.